The first-order valence-corrected chi connectivity index (χ1v) is 7.55. The van der Waals surface area contributed by atoms with Gasteiger partial charge in [0.25, 0.3) is 0 Å². The zero-order chi connectivity index (χ0) is 13.8. The quantitative estimate of drug-likeness (QED) is 0.652. The summed E-state index contributed by atoms with van der Waals surface area (Å²) in [7, 11) is -3.25. The average Bonchev–Trinajstić information content (AvgIpc) is 2.24. The lowest BCUT2D eigenvalue weighted by molar-refractivity contribution is 0.0697. The standard InChI is InChI=1S/C9H12BrN3O4S/c1-18(16,17)13-3-2-11-8-7(9(14)15)4-6(10)5-12-8/h4-5,13H,2-3H2,1H3,(H,11,12)(H,14,15). The molecule has 0 radical (unpaired) electrons. The number of anilines is 1. The molecule has 3 N–H and O–H groups in total. The second kappa shape index (κ2) is 6.12. The smallest absolute Gasteiger partial charge is 0.339 e. The number of halogens is 1. The molecule has 0 unspecified atom stereocenters. The Morgan fingerprint density at radius 2 is 2.17 bits per heavy atom. The summed E-state index contributed by atoms with van der Waals surface area (Å²) >= 11 is 3.13. The van der Waals surface area contributed by atoms with Gasteiger partial charge in [0.1, 0.15) is 11.4 Å². The van der Waals surface area contributed by atoms with Crippen molar-refractivity contribution in [2.75, 3.05) is 24.7 Å². The number of nitrogens with zero attached hydrogens (tertiary/aromatic N) is 1. The van der Waals surface area contributed by atoms with Crippen molar-refractivity contribution in [3.05, 3.63) is 22.3 Å². The Kier molecular flexibility index (Phi) is 5.05. The molecule has 1 aromatic rings. The Bertz CT molecular complexity index is 547. The molecule has 0 fully saturated rings. The highest BCUT2D eigenvalue weighted by atomic mass is 79.9. The molecule has 0 saturated heterocycles. The second-order valence-electron chi connectivity index (χ2n) is 3.45. The summed E-state index contributed by atoms with van der Waals surface area (Å²) in [5, 5.41) is 11.7. The maximum atomic E-state index is 11.0. The molecule has 18 heavy (non-hydrogen) atoms. The molecule has 0 bridgehead atoms. The monoisotopic (exact) mass is 337 g/mol. The largest absolute Gasteiger partial charge is 0.478 e. The van der Waals surface area contributed by atoms with Crippen LogP contribution >= 0.6 is 15.9 Å². The number of pyridine rings is 1. The third-order valence-corrected chi connectivity index (χ3v) is 3.03. The highest BCUT2D eigenvalue weighted by Gasteiger charge is 2.11. The molecule has 7 nitrogen and oxygen atoms in total. The molecule has 1 heterocycles. The Balaban J connectivity index is 2.65. The van der Waals surface area contributed by atoms with E-state index < -0.39 is 16.0 Å². The van der Waals surface area contributed by atoms with E-state index in [0.717, 1.165) is 6.26 Å². The molecule has 1 aromatic heterocycles. The minimum atomic E-state index is -3.25. The van der Waals surface area contributed by atoms with Crippen molar-refractivity contribution in [3.63, 3.8) is 0 Å². The van der Waals surface area contributed by atoms with Crippen LogP contribution in [0.25, 0.3) is 0 Å². The van der Waals surface area contributed by atoms with Gasteiger partial charge < -0.3 is 10.4 Å². The van der Waals surface area contributed by atoms with Gasteiger partial charge >= 0.3 is 5.97 Å². The third-order valence-electron chi connectivity index (χ3n) is 1.87. The van der Waals surface area contributed by atoms with E-state index in [9.17, 15) is 13.2 Å². The highest BCUT2D eigenvalue weighted by Crippen LogP contribution is 2.17. The Morgan fingerprint density at radius 1 is 1.50 bits per heavy atom. The van der Waals surface area contributed by atoms with Gasteiger partial charge in [-0.15, -0.1) is 0 Å². The van der Waals surface area contributed by atoms with Crippen LogP contribution in [0.5, 0.6) is 0 Å². The van der Waals surface area contributed by atoms with Crippen LogP contribution in [0.2, 0.25) is 0 Å². The van der Waals surface area contributed by atoms with Crippen LogP contribution in [-0.4, -0.2) is 43.8 Å². The van der Waals surface area contributed by atoms with Crippen LogP contribution < -0.4 is 10.0 Å². The minimum Gasteiger partial charge on any atom is -0.478 e. The highest BCUT2D eigenvalue weighted by molar-refractivity contribution is 9.10. The molecular weight excluding hydrogens is 326 g/mol. The van der Waals surface area contributed by atoms with E-state index in [1.807, 2.05) is 0 Å². The molecule has 0 atom stereocenters. The average molecular weight is 338 g/mol. The van der Waals surface area contributed by atoms with Crippen LogP contribution in [-0.2, 0) is 10.0 Å². The van der Waals surface area contributed by atoms with Crippen LogP contribution in [0.4, 0.5) is 5.82 Å². The van der Waals surface area contributed by atoms with Gasteiger partial charge in [0, 0.05) is 23.8 Å². The number of carboxylic acid groups (broad SMARTS) is 1. The molecule has 100 valence electrons. The normalized spacial score (nSPS) is 11.2. The van der Waals surface area contributed by atoms with E-state index in [2.05, 4.69) is 31.0 Å². The van der Waals surface area contributed by atoms with Gasteiger partial charge in [-0.3, -0.25) is 0 Å². The van der Waals surface area contributed by atoms with E-state index >= 15 is 0 Å². The Hall–Kier alpha value is -1.19. The number of carboxylic acids is 1. The molecule has 9 heteroatoms. The molecule has 0 aliphatic carbocycles. The SMILES string of the molecule is CS(=O)(=O)NCCNc1ncc(Br)cc1C(=O)O. The Morgan fingerprint density at radius 3 is 2.72 bits per heavy atom. The topological polar surface area (TPSA) is 108 Å². The van der Waals surface area contributed by atoms with Gasteiger partial charge in [-0.1, -0.05) is 0 Å². The summed E-state index contributed by atoms with van der Waals surface area (Å²) in [5.74, 6) is -0.914. The number of aromatic carboxylic acids is 1. The second-order valence-corrected chi connectivity index (χ2v) is 6.20. The van der Waals surface area contributed by atoms with Gasteiger partial charge in [-0.25, -0.2) is 22.9 Å². The summed E-state index contributed by atoms with van der Waals surface area (Å²) < 4.78 is 24.4. The third kappa shape index (κ3) is 4.98. The number of sulfonamides is 1. The molecule has 0 amide bonds. The molecule has 1 rings (SSSR count). The van der Waals surface area contributed by atoms with Crippen molar-refractivity contribution >= 4 is 37.7 Å². The number of carbonyl (C=O) groups is 1. The van der Waals surface area contributed by atoms with Crippen molar-refractivity contribution in [3.8, 4) is 0 Å². The van der Waals surface area contributed by atoms with Crippen molar-refractivity contribution in [1.82, 2.24) is 9.71 Å². The maximum Gasteiger partial charge on any atom is 0.339 e. The van der Waals surface area contributed by atoms with E-state index in [-0.39, 0.29) is 24.5 Å². The van der Waals surface area contributed by atoms with Gasteiger partial charge in [-0.2, -0.15) is 0 Å². The van der Waals surface area contributed by atoms with Crippen molar-refractivity contribution in [2.24, 2.45) is 0 Å². The van der Waals surface area contributed by atoms with Crippen molar-refractivity contribution in [2.45, 2.75) is 0 Å². The summed E-state index contributed by atoms with van der Waals surface area (Å²) in [6, 6.07) is 1.42. The van der Waals surface area contributed by atoms with Crippen molar-refractivity contribution in [1.29, 1.82) is 0 Å². The fourth-order valence-electron chi connectivity index (χ4n) is 1.16. The van der Waals surface area contributed by atoms with Crippen LogP contribution in [0.3, 0.4) is 0 Å². The first-order chi connectivity index (χ1) is 8.29. The number of nitrogens with one attached hydrogen (secondary N) is 2. The van der Waals surface area contributed by atoms with E-state index in [0.29, 0.717) is 4.47 Å². The summed E-state index contributed by atoms with van der Waals surface area (Å²) in [4.78, 5) is 14.9. The molecule has 0 spiro atoms. The lowest BCUT2D eigenvalue weighted by Gasteiger charge is -2.08. The van der Waals surface area contributed by atoms with E-state index in [1.54, 1.807) is 0 Å². The van der Waals surface area contributed by atoms with Crippen LogP contribution in [0.15, 0.2) is 16.7 Å². The van der Waals surface area contributed by atoms with Crippen LogP contribution in [0, 0.1) is 0 Å². The Labute approximate surface area is 113 Å². The predicted molar refractivity (Wildman–Crippen MR) is 70.2 cm³/mol. The lowest BCUT2D eigenvalue weighted by Crippen LogP contribution is -2.28. The van der Waals surface area contributed by atoms with Gasteiger partial charge in [0.15, 0.2) is 0 Å². The lowest BCUT2D eigenvalue weighted by atomic mass is 10.2. The zero-order valence-corrected chi connectivity index (χ0v) is 11.9. The summed E-state index contributed by atoms with van der Waals surface area (Å²) in [5.41, 5.74) is 0.0173. The van der Waals surface area contributed by atoms with Crippen LogP contribution in [0.1, 0.15) is 10.4 Å². The minimum absolute atomic E-state index is 0.0173. The number of aromatic nitrogens is 1. The summed E-state index contributed by atoms with van der Waals surface area (Å²) in [6.45, 7) is 0.387. The predicted octanol–water partition coefficient (Wildman–Crippen LogP) is 0.503. The number of rotatable bonds is 6. The van der Waals surface area contributed by atoms with Gasteiger partial charge in [0.2, 0.25) is 10.0 Å². The number of hydrogen-bond acceptors (Lipinski definition) is 5. The fourth-order valence-corrected chi connectivity index (χ4v) is 1.96. The van der Waals surface area contributed by atoms with E-state index in [4.69, 9.17) is 5.11 Å². The molecule has 0 saturated carbocycles. The molecule has 0 aliphatic rings. The molecular formula is C9H12BrN3O4S. The first-order valence-electron chi connectivity index (χ1n) is 4.87. The first kappa shape index (κ1) is 14.9. The summed E-state index contributed by atoms with van der Waals surface area (Å²) in [6.07, 6.45) is 2.51. The fraction of sp³-hybridized carbons (Fsp3) is 0.333. The van der Waals surface area contributed by atoms with Gasteiger partial charge in [-0.05, 0) is 22.0 Å². The van der Waals surface area contributed by atoms with E-state index in [1.165, 1.54) is 12.3 Å². The van der Waals surface area contributed by atoms with Crippen molar-refractivity contribution < 1.29 is 18.3 Å². The molecule has 0 aliphatic heterocycles. The molecule has 0 aromatic carbocycles. The maximum absolute atomic E-state index is 11.0. The van der Waals surface area contributed by atoms with Gasteiger partial charge in [0.05, 0.1) is 6.26 Å². The zero-order valence-electron chi connectivity index (χ0n) is 9.47. The number of hydrogen-bond donors (Lipinski definition) is 3.